The molecule has 0 saturated carbocycles. The van der Waals surface area contributed by atoms with Gasteiger partial charge in [0.2, 0.25) is 0 Å². The Morgan fingerprint density at radius 3 is 2.86 bits per heavy atom. The maximum atomic E-state index is 10.6. The first-order chi connectivity index (χ1) is 13.9. The van der Waals surface area contributed by atoms with E-state index >= 15 is 0 Å². The van der Waals surface area contributed by atoms with E-state index in [9.17, 15) is 5.11 Å². The lowest BCUT2D eigenvalue weighted by Crippen LogP contribution is -2.33. The van der Waals surface area contributed by atoms with Crippen LogP contribution in [0.25, 0.3) is 22.6 Å². The van der Waals surface area contributed by atoms with Gasteiger partial charge in [0.1, 0.15) is 16.6 Å². The Morgan fingerprint density at radius 2 is 2.24 bits per heavy atom. The molecule has 1 fully saturated rings. The van der Waals surface area contributed by atoms with Crippen molar-refractivity contribution in [3.8, 4) is 17.3 Å². The number of nitrogens with one attached hydrogen (secondary N) is 1. The number of nitrogen functional groups attached to an aromatic ring is 1. The third-order valence-corrected chi connectivity index (χ3v) is 5.23. The van der Waals surface area contributed by atoms with Crippen molar-refractivity contribution in [1.29, 1.82) is 0 Å². The second-order valence-electron chi connectivity index (χ2n) is 7.93. The maximum absolute atomic E-state index is 10.6. The van der Waals surface area contributed by atoms with E-state index in [2.05, 4.69) is 20.6 Å². The van der Waals surface area contributed by atoms with Gasteiger partial charge in [-0.15, -0.1) is 0 Å². The molecule has 4 heterocycles. The van der Waals surface area contributed by atoms with Gasteiger partial charge in [-0.3, -0.25) is 4.98 Å². The van der Waals surface area contributed by atoms with Crippen molar-refractivity contribution < 1.29 is 14.5 Å². The molecule has 0 aromatic carbocycles. The first-order valence-electron chi connectivity index (χ1n) is 9.94. The first kappa shape index (κ1) is 19.6. The van der Waals surface area contributed by atoms with Gasteiger partial charge in [0, 0.05) is 19.0 Å². The summed E-state index contributed by atoms with van der Waals surface area (Å²) in [5.74, 6) is 1.72. The van der Waals surface area contributed by atoms with Crippen LogP contribution in [0.15, 0.2) is 10.8 Å². The van der Waals surface area contributed by atoms with Crippen LogP contribution in [0.1, 0.15) is 39.3 Å². The van der Waals surface area contributed by atoms with E-state index in [1.54, 1.807) is 20.0 Å². The van der Waals surface area contributed by atoms with Crippen molar-refractivity contribution in [2.75, 3.05) is 25.4 Å². The molecule has 29 heavy (non-hydrogen) atoms. The van der Waals surface area contributed by atoms with Gasteiger partial charge in [0.05, 0.1) is 18.5 Å². The molecule has 0 radical (unpaired) electrons. The molecule has 4 rings (SSSR count). The van der Waals surface area contributed by atoms with Crippen LogP contribution in [0.5, 0.6) is 5.75 Å². The number of nitrogens with zero attached hydrogens (tertiary/aromatic N) is 5. The average molecular weight is 401 g/mol. The molecular weight excluding hydrogens is 374 g/mol. The number of ether oxygens (including phenoxy) is 1. The fourth-order valence-corrected chi connectivity index (χ4v) is 3.78. The normalized spacial score (nSPS) is 17.7. The van der Waals surface area contributed by atoms with Crippen LogP contribution in [0, 0.1) is 5.92 Å². The van der Waals surface area contributed by atoms with E-state index in [4.69, 9.17) is 20.1 Å². The molecule has 0 aliphatic carbocycles. The van der Waals surface area contributed by atoms with Gasteiger partial charge in [0.25, 0.3) is 0 Å². The molecule has 3 aromatic heterocycles. The molecule has 1 saturated heterocycles. The van der Waals surface area contributed by atoms with Crippen molar-refractivity contribution >= 4 is 16.9 Å². The number of imidazole rings is 1. The SMILES string of the molecule is CCn1c(-c2nonc2N)nc2c(C(C)(C)O)ncc(OC[C@H]3CCCNC3)c21. The summed E-state index contributed by atoms with van der Waals surface area (Å²) in [6.07, 6.45) is 3.94. The summed E-state index contributed by atoms with van der Waals surface area (Å²) in [6.45, 7) is 8.53. The summed E-state index contributed by atoms with van der Waals surface area (Å²) in [5.41, 5.74) is 6.85. The number of nitrogens with two attached hydrogens (primary N) is 1. The molecular formula is C19H27N7O3. The number of fused-ring (bicyclic) bond motifs is 1. The van der Waals surface area contributed by atoms with Crippen molar-refractivity contribution in [1.82, 2.24) is 30.2 Å². The van der Waals surface area contributed by atoms with Gasteiger partial charge < -0.3 is 25.5 Å². The van der Waals surface area contributed by atoms with Crippen LogP contribution in [0.3, 0.4) is 0 Å². The van der Waals surface area contributed by atoms with E-state index in [0.717, 1.165) is 31.4 Å². The van der Waals surface area contributed by atoms with E-state index in [1.807, 2.05) is 11.5 Å². The van der Waals surface area contributed by atoms with E-state index in [1.165, 1.54) is 0 Å². The standard InChI is InChI=1S/C19H27N7O3/c1-4-26-15-12(28-10-11-6-5-7-21-8-11)9-22-16(19(2,3)27)13(15)23-18(26)14-17(20)25-29-24-14/h9,11,21,27H,4-8,10H2,1-3H3,(H2,20,25)/t11-/m0/s1. The molecule has 0 spiro atoms. The van der Waals surface area contributed by atoms with Gasteiger partial charge in [0.15, 0.2) is 23.1 Å². The van der Waals surface area contributed by atoms with E-state index < -0.39 is 5.60 Å². The minimum Gasteiger partial charge on any atom is -0.489 e. The highest BCUT2D eigenvalue weighted by Gasteiger charge is 2.29. The molecule has 4 N–H and O–H groups in total. The van der Waals surface area contributed by atoms with Crippen molar-refractivity contribution in [3.05, 3.63) is 11.9 Å². The number of aliphatic hydroxyl groups is 1. The molecule has 0 unspecified atom stereocenters. The summed E-state index contributed by atoms with van der Waals surface area (Å²) < 4.78 is 12.9. The zero-order chi connectivity index (χ0) is 20.6. The number of piperidine rings is 1. The van der Waals surface area contributed by atoms with Crippen molar-refractivity contribution in [2.45, 2.75) is 45.8 Å². The number of pyridine rings is 1. The summed E-state index contributed by atoms with van der Waals surface area (Å²) in [6, 6.07) is 0. The number of hydrogen-bond acceptors (Lipinski definition) is 9. The van der Waals surface area contributed by atoms with Crippen LogP contribution in [-0.2, 0) is 12.1 Å². The highest BCUT2D eigenvalue weighted by Crippen LogP contribution is 2.36. The Kier molecular flexibility index (Phi) is 5.13. The topological polar surface area (TPSA) is 137 Å². The zero-order valence-electron chi connectivity index (χ0n) is 17.0. The van der Waals surface area contributed by atoms with Gasteiger partial charge in [-0.2, -0.15) is 0 Å². The predicted octanol–water partition coefficient (Wildman–Crippen LogP) is 1.69. The zero-order valence-corrected chi connectivity index (χ0v) is 17.0. The lowest BCUT2D eigenvalue weighted by atomic mass is 10.0. The minimum absolute atomic E-state index is 0.156. The summed E-state index contributed by atoms with van der Waals surface area (Å²) in [5, 5.41) is 21.6. The van der Waals surface area contributed by atoms with Gasteiger partial charge in [-0.1, -0.05) is 0 Å². The minimum atomic E-state index is -1.18. The van der Waals surface area contributed by atoms with Crippen LogP contribution < -0.4 is 15.8 Å². The van der Waals surface area contributed by atoms with Crippen LogP contribution >= 0.6 is 0 Å². The van der Waals surface area contributed by atoms with Crippen LogP contribution in [-0.4, -0.2) is 49.7 Å². The van der Waals surface area contributed by atoms with Crippen molar-refractivity contribution in [3.63, 3.8) is 0 Å². The number of aryl methyl sites for hydroxylation is 1. The smallest absolute Gasteiger partial charge is 0.199 e. The largest absolute Gasteiger partial charge is 0.489 e. The Hall–Kier alpha value is -2.72. The van der Waals surface area contributed by atoms with E-state index in [0.29, 0.717) is 47.5 Å². The highest BCUT2D eigenvalue weighted by atomic mass is 16.6. The summed E-state index contributed by atoms with van der Waals surface area (Å²) in [7, 11) is 0. The predicted molar refractivity (Wildman–Crippen MR) is 107 cm³/mol. The Labute approximate surface area is 168 Å². The number of anilines is 1. The van der Waals surface area contributed by atoms with Gasteiger partial charge in [-0.05, 0) is 50.5 Å². The Balaban J connectivity index is 1.83. The quantitative estimate of drug-likeness (QED) is 0.563. The second-order valence-corrected chi connectivity index (χ2v) is 7.93. The van der Waals surface area contributed by atoms with Crippen molar-refractivity contribution in [2.24, 2.45) is 5.92 Å². The van der Waals surface area contributed by atoms with Gasteiger partial charge >= 0.3 is 0 Å². The summed E-state index contributed by atoms with van der Waals surface area (Å²) >= 11 is 0. The lowest BCUT2D eigenvalue weighted by Gasteiger charge is -2.23. The number of hydrogen-bond donors (Lipinski definition) is 3. The van der Waals surface area contributed by atoms with Crippen LogP contribution in [0.4, 0.5) is 5.82 Å². The Morgan fingerprint density at radius 1 is 1.41 bits per heavy atom. The Bertz CT molecular complexity index is 999. The lowest BCUT2D eigenvalue weighted by molar-refractivity contribution is 0.0753. The van der Waals surface area contributed by atoms with Crippen LogP contribution in [0.2, 0.25) is 0 Å². The monoisotopic (exact) mass is 401 g/mol. The second kappa shape index (κ2) is 7.60. The molecule has 1 aliphatic heterocycles. The molecule has 1 atom stereocenters. The third-order valence-electron chi connectivity index (χ3n) is 5.23. The maximum Gasteiger partial charge on any atom is 0.199 e. The average Bonchev–Trinajstić information content (AvgIpc) is 3.29. The molecule has 156 valence electrons. The summed E-state index contributed by atoms with van der Waals surface area (Å²) in [4.78, 5) is 9.19. The molecule has 3 aromatic rings. The van der Waals surface area contributed by atoms with E-state index in [-0.39, 0.29) is 5.82 Å². The molecule has 10 nitrogen and oxygen atoms in total. The number of aromatic nitrogens is 5. The third kappa shape index (κ3) is 3.65. The molecule has 0 bridgehead atoms. The van der Waals surface area contributed by atoms with Gasteiger partial charge in [-0.25, -0.2) is 9.61 Å². The molecule has 1 aliphatic rings. The fraction of sp³-hybridized carbons (Fsp3) is 0.579. The molecule has 10 heteroatoms. The fourth-order valence-electron chi connectivity index (χ4n) is 3.78. The number of rotatable bonds is 6. The molecule has 0 amide bonds. The highest BCUT2D eigenvalue weighted by molar-refractivity contribution is 5.88. The first-order valence-corrected chi connectivity index (χ1v) is 9.94.